The Morgan fingerprint density at radius 3 is 2.58 bits per heavy atom. The van der Waals surface area contributed by atoms with Crippen molar-refractivity contribution in [2.24, 2.45) is 0 Å². The second kappa shape index (κ2) is 7.96. The predicted molar refractivity (Wildman–Crippen MR) is 94.9 cm³/mol. The van der Waals surface area contributed by atoms with Crippen LogP contribution in [0, 0.1) is 13.8 Å². The maximum Gasteiger partial charge on any atom is 1.00 e. The Hall–Kier alpha value is -1.61. The number of ether oxygens (including phenoxy) is 2. The molecule has 0 atom stereocenters. The van der Waals surface area contributed by atoms with Crippen LogP contribution in [-0.2, 0) is 15.6 Å². The van der Waals surface area contributed by atoms with Crippen LogP contribution in [0.3, 0.4) is 0 Å². The van der Waals surface area contributed by atoms with Gasteiger partial charge in [-0.05, 0) is 26.0 Å². The molecule has 26 heavy (non-hydrogen) atoms. The van der Waals surface area contributed by atoms with Gasteiger partial charge in [-0.2, -0.15) is 0 Å². The molecule has 0 radical (unpaired) electrons. The average Bonchev–Trinajstić information content (AvgIpc) is 3.02. The normalized spacial score (nSPS) is 11.2. The molecule has 0 fully saturated rings. The molecular weight excluding hydrogens is 365 g/mol. The van der Waals surface area contributed by atoms with E-state index in [4.69, 9.17) is 9.47 Å². The molecule has 0 saturated heterocycles. The zero-order valence-corrected chi connectivity index (χ0v) is 18.3. The van der Waals surface area contributed by atoms with Crippen LogP contribution >= 0.6 is 0 Å². The van der Waals surface area contributed by atoms with Gasteiger partial charge in [0, 0.05) is 23.4 Å². The van der Waals surface area contributed by atoms with Crippen molar-refractivity contribution in [3.8, 4) is 11.5 Å². The molecule has 1 N–H and O–H groups in total. The van der Waals surface area contributed by atoms with Crippen LogP contribution < -0.4 is 39.0 Å². The van der Waals surface area contributed by atoms with Crippen LogP contribution in [-0.4, -0.2) is 37.6 Å². The first-order chi connectivity index (χ1) is 11.9. The number of benzene rings is 1. The van der Waals surface area contributed by atoms with Gasteiger partial charge in [-0.15, -0.1) is 0 Å². The van der Waals surface area contributed by atoms with Crippen LogP contribution in [0.1, 0.15) is 18.2 Å². The molecule has 9 heteroatoms. The van der Waals surface area contributed by atoms with Crippen molar-refractivity contribution in [2.75, 3.05) is 14.2 Å². The van der Waals surface area contributed by atoms with Gasteiger partial charge in [-0.3, -0.25) is 4.98 Å². The number of rotatable bonds is 5. The first-order valence-electron chi connectivity index (χ1n) is 7.61. The van der Waals surface area contributed by atoms with Crippen molar-refractivity contribution >= 4 is 20.9 Å². The fourth-order valence-electron chi connectivity index (χ4n) is 2.70. The van der Waals surface area contributed by atoms with Gasteiger partial charge in [0.25, 0.3) is 0 Å². The predicted octanol–water partition coefficient (Wildman–Crippen LogP) is -0.318. The smallest absolute Gasteiger partial charge is 1.00 e. The summed E-state index contributed by atoms with van der Waals surface area (Å²) in [5, 5.41) is -0.0866. The summed E-state index contributed by atoms with van der Waals surface area (Å²) in [4.78, 5) is 11.3. The Bertz CT molecular complexity index is 1050. The number of nitrogens with one attached hydrogen (secondary N) is 1. The molecule has 134 valence electrons. The van der Waals surface area contributed by atoms with E-state index in [1.165, 1.54) is 0 Å². The number of hydrogen-bond acceptors (Lipinski definition) is 6. The summed E-state index contributed by atoms with van der Waals surface area (Å²) in [6.07, 6.45) is 1.61. The number of hydrogen-bond donors (Lipinski definition) is 1. The third-order valence-corrected chi connectivity index (χ3v) is 5.47. The van der Waals surface area contributed by atoms with E-state index in [0.29, 0.717) is 33.8 Å². The largest absolute Gasteiger partial charge is 1.00 e. The van der Waals surface area contributed by atoms with E-state index in [2.05, 4.69) is 15.0 Å². The minimum Gasteiger partial charge on any atom is -1.00 e. The number of imidazole rings is 1. The molecule has 0 aliphatic heterocycles. The van der Waals surface area contributed by atoms with Gasteiger partial charge in [0.05, 0.1) is 30.9 Å². The Balaban J connectivity index is 0.00000182. The summed E-state index contributed by atoms with van der Waals surface area (Å²) in [5.74, 6) is 1.02. The van der Waals surface area contributed by atoms with Crippen LogP contribution in [0.25, 0.3) is 11.0 Å². The van der Waals surface area contributed by atoms with Gasteiger partial charge >= 0.3 is 29.6 Å². The molecule has 7 nitrogen and oxygen atoms in total. The zero-order valence-electron chi connectivity index (χ0n) is 16.5. The SMILES string of the molecule is COc1ccc2nc(S(=O)(=O)Cc3ncc(C)c(OC)c3C)[nH]c2c1.[H-].[Na+]. The van der Waals surface area contributed by atoms with Crippen molar-refractivity contribution in [3.63, 3.8) is 0 Å². The minimum atomic E-state index is -3.68. The number of sulfone groups is 1. The van der Waals surface area contributed by atoms with Gasteiger partial charge in [0.1, 0.15) is 17.3 Å². The second-order valence-electron chi connectivity index (χ2n) is 5.73. The minimum absolute atomic E-state index is 0. The van der Waals surface area contributed by atoms with Crippen LogP contribution in [0.5, 0.6) is 11.5 Å². The fourth-order valence-corrected chi connectivity index (χ4v) is 4.00. The van der Waals surface area contributed by atoms with Gasteiger partial charge < -0.3 is 15.9 Å². The topological polar surface area (TPSA) is 94.2 Å². The molecular formula is C17H20N3NaO4S. The van der Waals surface area contributed by atoms with E-state index >= 15 is 0 Å². The maximum atomic E-state index is 12.8. The average molecular weight is 385 g/mol. The standard InChI is InChI=1S/C17H19N3O4S.Na.H/c1-10-8-18-15(11(2)16(10)24-4)9-25(21,22)17-19-13-6-5-12(23-3)7-14(13)20-17;;/h5-8H,9H2,1-4H3,(H,19,20);;/q;+1;-1. The molecule has 3 rings (SSSR count). The van der Waals surface area contributed by atoms with E-state index in [1.807, 2.05) is 6.92 Å². The molecule has 0 amide bonds. The third kappa shape index (κ3) is 3.88. The van der Waals surface area contributed by atoms with Gasteiger partial charge in [-0.1, -0.05) is 0 Å². The van der Waals surface area contributed by atoms with E-state index in [0.717, 1.165) is 5.56 Å². The van der Waals surface area contributed by atoms with E-state index < -0.39 is 9.84 Å². The van der Waals surface area contributed by atoms with Crippen LogP contribution in [0.4, 0.5) is 0 Å². The summed E-state index contributed by atoms with van der Waals surface area (Å²) in [6.45, 7) is 3.66. The van der Waals surface area contributed by atoms with Crippen molar-refractivity contribution < 1.29 is 48.9 Å². The number of aromatic amines is 1. The summed E-state index contributed by atoms with van der Waals surface area (Å²) >= 11 is 0. The molecule has 1 aromatic carbocycles. The van der Waals surface area contributed by atoms with Crippen LogP contribution in [0.15, 0.2) is 29.6 Å². The fraction of sp³-hybridized carbons (Fsp3) is 0.294. The molecule has 2 heterocycles. The number of methoxy groups -OCH3 is 2. The monoisotopic (exact) mass is 385 g/mol. The number of aryl methyl sites for hydroxylation is 1. The van der Waals surface area contributed by atoms with E-state index in [9.17, 15) is 8.42 Å². The maximum absolute atomic E-state index is 12.8. The molecule has 0 bridgehead atoms. The third-order valence-electron chi connectivity index (χ3n) is 4.04. The molecule has 0 aliphatic carbocycles. The van der Waals surface area contributed by atoms with Crippen molar-refractivity contribution in [1.82, 2.24) is 15.0 Å². The summed E-state index contributed by atoms with van der Waals surface area (Å²) in [6, 6.07) is 5.15. The molecule has 0 spiro atoms. The van der Waals surface area contributed by atoms with E-state index in [1.54, 1.807) is 45.5 Å². The second-order valence-corrected chi connectivity index (χ2v) is 7.64. The number of pyridine rings is 1. The van der Waals surface area contributed by atoms with Gasteiger partial charge in [0.2, 0.25) is 15.0 Å². The van der Waals surface area contributed by atoms with Crippen molar-refractivity contribution in [2.45, 2.75) is 24.8 Å². The number of nitrogens with zero attached hydrogens (tertiary/aromatic N) is 2. The summed E-state index contributed by atoms with van der Waals surface area (Å²) < 4.78 is 36.0. The number of H-pyrrole nitrogens is 1. The number of aromatic nitrogens is 3. The van der Waals surface area contributed by atoms with Crippen molar-refractivity contribution in [3.05, 3.63) is 41.2 Å². The molecule has 2 aromatic heterocycles. The number of fused-ring (bicyclic) bond motifs is 1. The zero-order chi connectivity index (χ0) is 18.2. The Morgan fingerprint density at radius 2 is 1.92 bits per heavy atom. The molecule has 0 unspecified atom stereocenters. The van der Waals surface area contributed by atoms with E-state index in [-0.39, 0.29) is 41.9 Å². The first-order valence-corrected chi connectivity index (χ1v) is 9.26. The van der Waals surface area contributed by atoms with Crippen LogP contribution in [0.2, 0.25) is 0 Å². The molecule has 0 aliphatic rings. The first kappa shape index (κ1) is 20.7. The van der Waals surface area contributed by atoms with Gasteiger partial charge in [0.15, 0.2) is 0 Å². The Labute approximate surface area is 175 Å². The molecule has 0 saturated carbocycles. The summed E-state index contributed by atoms with van der Waals surface area (Å²) in [7, 11) is -0.575. The van der Waals surface area contributed by atoms with Gasteiger partial charge in [-0.25, -0.2) is 13.4 Å². The Morgan fingerprint density at radius 1 is 1.19 bits per heavy atom. The summed E-state index contributed by atoms with van der Waals surface area (Å²) in [5.41, 5.74) is 3.18. The Kier molecular flexibility index (Phi) is 6.33. The van der Waals surface area contributed by atoms with Crippen molar-refractivity contribution in [1.29, 1.82) is 0 Å². The molecule has 3 aromatic rings. The quantitative estimate of drug-likeness (QED) is 0.605.